The van der Waals surface area contributed by atoms with Gasteiger partial charge in [-0.15, -0.1) is 0 Å². The molecule has 1 unspecified atom stereocenters. The second-order valence-electron chi connectivity index (χ2n) is 10.3. The van der Waals surface area contributed by atoms with Gasteiger partial charge in [0, 0.05) is 43.5 Å². The highest BCUT2D eigenvalue weighted by atomic mass is 32.2. The molecule has 0 spiro atoms. The summed E-state index contributed by atoms with van der Waals surface area (Å²) in [6.45, 7) is 4.97. The molecule has 0 radical (unpaired) electrons. The molecule has 1 saturated heterocycles. The molecule has 4 heterocycles. The number of fused-ring (bicyclic) bond motifs is 2. The van der Waals surface area contributed by atoms with Gasteiger partial charge >= 0.3 is 0 Å². The minimum absolute atomic E-state index is 0.0145. The predicted octanol–water partition coefficient (Wildman–Crippen LogP) is 4.71. The van der Waals surface area contributed by atoms with Crippen molar-refractivity contribution in [3.63, 3.8) is 0 Å². The SMILES string of the molecule is CC(C)c1ccccc1S(=O)(=O)N1CCC(c2nc(C3Cc4ccccc4N3)c3c(N)nccn23)CC1. The Kier molecular flexibility index (Phi) is 5.92. The topological polar surface area (TPSA) is 106 Å². The lowest BCUT2D eigenvalue weighted by atomic mass is 9.97. The first-order valence-corrected chi connectivity index (χ1v) is 14.3. The number of sulfonamides is 1. The van der Waals surface area contributed by atoms with E-state index in [1.54, 1.807) is 22.6 Å². The summed E-state index contributed by atoms with van der Waals surface area (Å²) in [7, 11) is -3.56. The van der Waals surface area contributed by atoms with Crippen LogP contribution in [0.25, 0.3) is 5.52 Å². The number of piperidine rings is 1. The quantitative estimate of drug-likeness (QED) is 0.398. The van der Waals surface area contributed by atoms with Crippen molar-refractivity contribution < 1.29 is 8.42 Å². The maximum atomic E-state index is 13.6. The average Bonchev–Trinajstić information content (AvgIpc) is 3.51. The molecule has 3 N–H and O–H groups in total. The molecule has 2 aliphatic rings. The summed E-state index contributed by atoms with van der Waals surface area (Å²) in [6.07, 6.45) is 5.85. The Balaban J connectivity index is 1.28. The van der Waals surface area contributed by atoms with Gasteiger partial charge in [0.15, 0.2) is 0 Å². The Morgan fingerprint density at radius 1 is 1.05 bits per heavy atom. The number of nitrogen functional groups attached to an aromatic ring is 1. The summed E-state index contributed by atoms with van der Waals surface area (Å²) in [5, 5.41) is 3.60. The highest BCUT2D eigenvalue weighted by Crippen LogP contribution is 2.39. The first-order valence-electron chi connectivity index (χ1n) is 12.9. The third-order valence-corrected chi connectivity index (χ3v) is 9.69. The minimum atomic E-state index is -3.56. The number of nitrogens with two attached hydrogens (primary N) is 1. The van der Waals surface area contributed by atoms with Crippen LogP contribution in [-0.2, 0) is 16.4 Å². The number of hydrogen-bond donors (Lipinski definition) is 2. The van der Waals surface area contributed by atoms with E-state index in [1.165, 1.54) is 5.56 Å². The van der Waals surface area contributed by atoms with Crippen molar-refractivity contribution in [3.05, 3.63) is 83.6 Å². The first kappa shape index (κ1) is 23.9. The number of aromatic nitrogens is 3. The Morgan fingerprint density at radius 3 is 2.54 bits per heavy atom. The zero-order valence-corrected chi connectivity index (χ0v) is 21.9. The summed E-state index contributed by atoms with van der Waals surface area (Å²) in [5.41, 5.74) is 11.4. The van der Waals surface area contributed by atoms with Crippen molar-refractivity contribution in [1.29, 1.82) is 0 Å². The van der Waals surface area contributed by atoms with Gasteiger partial charge in [0.2, 0.25) is 10.0 Å². The Morgan fingerprint density at radius 2 is 1.78 bits per heavy atom. The highest BCUT2D eigenvalue weighted by Gasteiger charge is 2.35. The second kappa shape index (κ2) is 9.15. The van der Waals surface area contributed by atoms with E-state index in [0.717, 1.165) is 34.7 Å². The van der Waals surface area contributed by atoms with Crippen LogP contribution < -0.4 is 11.1 Å². The fraction of sp³-hybridized carbons (Fsp3) is 0.357. The molecular weight excluding hydrogens is 484 g/mol. The van der Waals surface area contributed by atoms with Crippen LogP contribution in [0.1, 0.15) is 67.2 Å². The van der Waals surface area contributed by atoms with Crippen LogP contribution in [0.15, 0.2) is 65.8 Å². The van der Waals surface area contributed by atoms with Gasteiger partial charge in [-0.05, 0) is 42.0 Å². The van der Waals surface area contributed by atoms with Gasteiger partial charge < -0.3 is 11.1 Å². The highest BCUT2D eigenvalue weighted by molar-refractivity contribution is 7.89. The van der Waals surface area contributed by atoms with Crippen LogP contribution >= 0.6 is 0 Å². The number of imidazole rings is 1. The molecule has 1 atom stereocenters. The van der Waals surface area contributed by atoms with Gasteiger partial charge in [-0.2, -0.15) is 4.31 Å². The molecule has 2 aromatic heterocycles. The van der Waals surface area contributed by atoms with E-state index in [2.05, 4.69) is 32.9 Å². The molecule has 2 aromatic carbocycles. The smallest absolute Gasteiger partial charge is 0.243 e. The molecule has 8 nitrogen and oxygen atoms in total. The summed E-state index contributed by atoms with van der Waals surface area (Å²) in [4.78, 5) is 9.90. The number of nitrogens with zero attached hydrogens (tertiary/aromatic N) is 4. The fourth-order valence-electron chi connectivity index (χ4n) is 5.79. The molecular formula is C28H32N6O2S. The third kappa shape index (κ3) is 4.06. The number of rotatable bonds is 5. The van der Waals surface area contributed by atoms with E-state index < -0.39 is 10.0 Å². The van der Waals surface area contributed by atoms with E-state index in [9.17, 15) is 8.42 Å². The maximum absolute atomic E-state index is 13.6. The lowest BCUT2D eigenvalue weighted by Crippen LogP contribution is -2.38. The van der Waals surface area contributed by atoms with Crippen LogP contribution in [-0.4, -0.2) is 40.2 Å². The zero-order valence-electron chi connectivity index (χ0n) is 21.1. The monoisotopic (exact) mass is 516 g/mol. The maximum Gasteiger partial charge on any atom is 0.243 e. The van der Waals surface area contributed by atoms with Gasteiger partial charge in [-0.3, -0.25) is 4.40 Å². The van der Waals surface area contributed by atoms with Crippen LogP contribution in [0, 0.1) is 0 Å². The van der Waals surface area contributed by atoms with Gasteiger partial charge in [0.05, 0.1) is 16.6 Å². The number of nitrogens with one attached hydrogen (secondary N) is 1. The van der Waals surface area contributed by atoms with Crippen LogP contribution in [0.5, 0.6) is 0 Å². The average molecular weight is 517 g/mol. The molecule has 6 rings (SSSR count). The van der Waals surface area contributed by atoms with Gasteiger partial charge in [0.25, 0.3) is 0 Å². The number of para-hydroxylation sites is 1. The standard InChI is InChI=1S/C28H32N6O2S/c1-18(2)21-8-4-6-10-24(21)37(35,36)33-14-11-19(12-15-33)28-32-25(26-27(29)30-13-16-34(26)28)23-17-20-7-3-5-9-22(20)31-23/h3-10,13,16,18-19,23,31H,11-12,14-15,17H2,1-2H3,(H2,29,30). The van der Waals surface area contributed by atoms with Gasteiger partial charge in [0.1, 0.15) is 17.2 Å². The molecule has 0 aliphatic carbocycles. The fourth-order valence-corrected chi connectivity index (χ4v) is 7.62. The first-order chi connectivity index (χ1) is 17.8. The van der Waals surface area contributed by atoms with Crippen molar-refractivity contribution >= 4 is 27.0 Å². The molecule has 1 fully saturated rings. The van der Waals surface area contributed by atoms with Gasteiger partial charge in [-0.1, -0.05) is 50.2 Å². The van der Waals surface area contributed by atoms with Crippen molar-refractivity contribution in [2.24, 2.45) is 0 Å². The lowest BCUT2D eigenvalue weighted by molar-refractivity contribution is 0.312. The number of benzene rings is 2. The van der Waals surface area contributed by atoms with Gasteiger partial charge in [-0.25, -0.2) is 18.4 Å². The van der Waals surface area contributed by atoms with Crippen molar-refractivity contribution in [3.8, 4) is 0 Å². The molecule has 0 bridgehead atoms. The van der Waals surface area contributed by atoms with Crippen LogP contribution in [0.2, 0.25) is 0 Å². The molecule has 0 saturated carbocycles. The Hall–Kier alpha value is -3.43. The Bertz CT molecular complexity index is 1550. The van der Waals surface area contributed by atoms with E-state index in [-0.39, 0.29) is 17.9 Å². The molecule has 0 amide bonds. The van der Waals surface area contributed by atoms with Crippen LogP contribution in [0.4, 0.5) is 11.5 Å². The van der Waals surface area contributed by atoms with E-state index >= 15 is 0 Å². The normalized spacial score (nSPS) is 18.8. The van der Waals surface area contributed by atoms with E-state index in [1.807, 2.05) is 38.2 Å². The molecule has 4 aromatic rings. The number of anilines is 2. The van der Waals surface area contributed by atoms with Crippen molar-refractivity contribution in [2.45, 2.75) is 55.9 Å². The molecule has 9 heteroatoms. The van der Waals surface area contributed by atoms with Crippen LogP contribution in [0.3, 0.4) is 0 Å². The summed E-state index contributed by atoms with van der Waals surface area (Å²) >= 11 is 0. The Labute approximate surface area is 217 Å². The third-order valence-electron chi connectivity index (χ3n) is 7.72. The lowest BCUT2D eigenvalue weighted by Gasteiger charge is -2.31. The van der Waals surface area contributed by atoms with E-state index in [4.69, 9.17) is 10.7 Å². The van der Waals surface area contributed by atoms with E-state index in [0.29, 0.717) is 36.6 Å². The largest absolute Gasteiger partial charge is 0.382 e. The molecule has 192 valence electrons. The van der Waals surface area contributed by atoms with Crippen molar-refractivity contribution in [2.75, 3.05) is 24.1 Å². The predicted molar refractivity (Wildman–Crippen MR) is 145 cm³/mol. The zero-order chi connectivity index (χ0) is 25.7. The molecule has 37 heavy (non-hydrogen) atoms. The summed E-state index contributed by atoms with van der Waals surface area (Å²) in [6, 6.07) is 15.7. The summed E-state index contributed by atoms with van der Waals surface area (Å²) < 4.78 is 30.8. The summed E-state index contributed by atoms with van der Waals surface area (Å²) in [5.74, 6) is 1.64. The number of hydrogen-bond acceptors (Lipinski definition) is 6. The minimum Gasteiger partial charge on any atom is -0.382 e. The molecule has 2 aliphatic heterocycles. The van der Waals surface area contributed by atoms with Crippen molar-refractivity contribution in [1.82, 2.24) is 18.7 Å². The second-order valence-corrected chi connectivity index (χ2v) is 12.2.